The summed E-state index contributed by atoms with van der Waals surface area (Å²) in [5.74, 6) is 2.36. The first-order valence-corrected chi connectivity index (χ1v) is 8.60. The number of methoxy groups -OCH3 is 2. The highest BCUT2D eigenvalue weighted by atomic mass is 32.2. The summed E-state index contributed by atoms with van der Waals surface area (Å²) in [7, 11) is 3.24. The highest BCUT2D eigenvalue weighted by molar-refractivity contribution is 8.00. The maximum Gasteiger partial charge on any atom is 0.235 e. The lowest BCUT2D eigenvalue weighted by Gasteiger charge is -2.32. The molecule has 1 aliphatic rings. The summed E-state index contributed by atoms with van der Waals surface area (Å²) in [4.78, 5) is 15.6. The Morgan fingerprint density at radius 3 is 2.45 bits per heavy atom. The van der Waals surface area contributed by atoms with Crippen LogP contribution in [0.1, 0.15) is 26.7 Å². The van der Waals surface area contributed by atoms with E-state index in [2.05, 4.69) is 6.92 Å². The van der Waals surface area contributed by atoms with Crippen LogP contribution in [0.4, 0.5) is 0 Å². The molecule has 0 aliphatic carbocycles. The number of piperidine rings is 1. The Kier molecular flexibility index (Phi) is 6.00. The number of hydrogen-bond acceptors (Lipinski definition) is 4. The van der Waals surface area contributed by atoms with E-state index < -0.39 is 0 Å². The summed E-state index contributed by atoms with van der Waals surface area (Å²) in [5, 5.41) is -0.0912. The summed E-state index contributed by atoms with van der Waals surface area (Å²) >= 11 is 1.57. The average molecular weight is 323 g/mol. The molecule has 1 fully saturated rings. The van der Waals surface area contributed by atoms with Crippen molar-refractivity contribution in [2.45, 2.75) is 36.8 Å². The molecule has 4 nitrogen and oxygen atoms in total. The molecule has 1 saturated heterocycles. The van der Waals surface area contributed by atoms with Gasteiger partial charge in [-0.2, -0.15) is 0 Å². The van der Waals surface area contributed by atoms with Gasteiger partial charge in [0.25, 0.3) is 0 Å². The van der Waals surface area contributed by atoms with E-state index in [0.29, 0.717) is 11.5 Å². The molecule has 0 saturated carbocycles. The number of thioether (sulfide) groups is 1. The van der Waals surface area contributed by atoms with Crippen LogP contribution in [0.3, 0.4) is 0 Å². The second-order valence-electron chi connectivity index (χ2n) is 5.78. The molecule has 122 valence electrons. The Hall–Kier alpha value is -1.36. The fourth-order valence-corrected chi connectivity index (χ4v) is 3.61. The predicted octanol–water partition coefficient (Wildman–Crippen LogP) is 3.44. The van der Waals surface area contributed by atoms with Gasteiger partial charge in [0.2, 0.25) is 5.91 Å². The SMILES string of the molecule is COc1ccc(SC(C)C(=O)N2CCC(C)CC2)cc1OC. The zero-order valence-corrected chi connectivity index (χ0v) is 14.6. The van der Waals surface area contributed by atoms with Crippen LogP contribution in [0.5, 0.6) is 11.5 Å². The average Bonchev–Trinajstić information content (AvgIpc) is 2.54. The molecule has 0 spiro atoms. The first kappa shape index (κ1) is 17.0. The van der Waals surface area contributed by atoms with E-state index in [1.54, 1.807) is 26.0 Å². The highest BCUT2D eigenvalue weighted by Gasteiger charge is 2.25. The molecule has 1 amide bonds. The van der Waals surface area contributed by atoms with Crippen LogP contribution in [0.25, 0.3) is 0 Å². The van der Waals surface area contributed by atoms with Crippen molar-refractivity contribution in [3.05, 3.63) is 18.2 Å². The summed E-state index contributed by atoms with van der Waals surface area (Å²) in [5.41, 5.74) is 0. The molecule has 5 heteroatoms. The number of carbonyl (C=O) groups excluding carboxylic acids is 1. The second kappa shape index (κ2) is 7.77. The quantitative estimate of drug-likeness (QED) is 0.778. The maximum absolute atomic E-state index is 12.5. The summed E-state index contributed by atoms with van der Waals surface area (Å²) in [6.45, 7) is 6.00. The van der Waals surface area contributed by atoms with Gasteiger partial charge in [0, 0.05) is 18.0 Å². The van der Waals surface area contributed by atoms with Gasteiger partial charge in [-0.05, 0) is 43.9 Å². The van der Waals surface area contributed by atoms with E-state index in [0.717, 1.165) is 36.7 Å². The monoisotopic (exact) mass is 323 g/mol. The third-order valence-electron chi connectivity index (χ3n) is 4.11. The third-order valence-corrected chi connectivity index (χ3v) is 5.19. The minimum Gasteiger partial charge on any atom is -0.493 e. The first-order chi connectivity index (χ1) is 10.5. The molecule has 1 aromatic carbocycles. The Balaban J connectivity index is 1.99. The van der Waals surface area contributed by atoms with Gasteiger partial charge in [-0.25, -0.2) is 0 Å². The number of likely N-dealkylation sites (tertiary alicyclic amines) is 1. The van der Waals surface area contributed by atoms with Crippen molar-refractivity contribution >= 4 is 17.7 Å². The van der Waals surface area contributed by atoms with Gasteiger partial charge in [0.1, 0.15) is 0 Å². The van der Waals surface area contributed by atoms with Crippen molar-refractivity contribution in [3.63, 3.8) is 0 Å². The van der Waals surface area contributed by atoms with Crippen LogP contribution in [-0.4, -0.2) is 43.4 Å². The minimum absolute atomic E-state index is 0.0912. The molecule has 0 aromatic heterocycles. The van der Waals surface area contributed by atoms with Gasteiger partial charge in [-0.3, -0.25) is 4.79 Å². The van der Waals surface area contributed by atoms with Crippen molar-refractivity contribution in [1.82, 2.24) is 4.90 Å². The molecule has 0 radical (unpaired) electrons. The van der Waals surface area contributed by atoms with Crippen molar-refractivity contribution in [2.24, 2.45) is 5.92 Å². The van der Waals surface area contributed by atoms with Crippen LogP contribution in [0, 0.1) is 5.92 Å². The van der Waals surface area contributed by atoms with E-state index in [1.165, 1.54) is 0 Å². The minimum atomic E-state index is -0.0912. The molecule has 2 rings (SSSR count). The molecular formula is C17H25NO3S. The van der Waals surface area contributed by atoms with E-state index in [9.17, 15) is 4.79 Å². The fourth-order valence-electron chi connectivity index (χ4n) is 2.63. The van der Waals surface area contributed by atoms with Crippen LogP contribution in [0.15, 0.2) is 23.1 Å². The lowest BCUT2D eigenvalue weighted by molar-refractivity contribution is -0.131. The first-order valence-electron chi connectivity index (χ1n) is 7.72. The predicted molar refractivity (Wildman–Crippen MR) is 89.8 cm³/mol. The summed E-state index contributed by atoms with van der Waals surface area (Å²) < 4.78 is 10.6. The Bertz CT molecular complexity index is 513. The number of ether oxygens (including phenoxy) is 2. The van der Waals surface area contributed by atoms with Crippen molar-refractivity contribution in [3.8, 4) is 11.5 Å². The molecule has 1 aliphatic heterocycles. The van der Waals surface area contributed by atoms with Crippen LogP contribution < -0.4 is 9.47 Å². The molecule has 0 N–H and O–H groups in total. The number of amides is 1. The Labute approximate surface area is 137 Å². The summed E-state index contributed by atoms with van der Waals surface area (Å²) in [6, 6.07) is 5.76. The van der Waals surface area contributed by atoms with Crippen molar-refractivity contribution in [1.29, 1.82) is 0 Å². The fraction of sp³-hybridized carbons (Fsp3) is 0.588. The molecular weight excluding hydrogens is 298 g/mol. The summed E-state index contributed by atoms with van der Waals surface area (Å²) in [6.07, 6.45) is 2.22. The Morgan fingerprint density at radius 1 is 1.23 bits per heavy atom. The number of rotatable bonds is 5. The zero-order chi connectivity index (χ0) is 16.1. The molecule has 1 aromatic rings. The molecule has 1 atom stereocenters. The lowest BCUT2D eigenvalue weighted by atomic mass is 9.99. The number of carbonyl (C=O) groups is 1. The molecule has 1 unspecified atom stereocenters. The standard InChI is InChI=1S/C17H25NO3S/c1-12-7-9-18(10-8-12)17(19)13(2)22-14-5-6-15(20-3)16(11-14)21-4/h5-6,11-13H,7-10H2,1-4H3. The van der Waals surface area contributed by atoms with Gasteiger partial charge >= 0.3 is 0 Å². The van der Waals surface area contributed by atoms with Gasteiger partial charge in [-0.1, -0.05) is 6.92 Å². The molecule has 22 heavy (non-hydrogen) atoms. The van der Waals surface area contributed by atoms with Crippen LogP contribution in [0.2, 0.25) is 0 Å². The lowest BCUT2D eigenvalue weighted by Crippen LogP contribution is -2.41. The van der Waals surface area contributed by atoms with Crippen LogP contribution in [-0.2, 0) is 4.79 Å². The zero-order valence-electron chi connectivity index (χ0n) is 13.8. The number of hydrogen-bond donors (Lipinski definition) is 0. The second-order valence-corrected chi connectivity index (χ2v) is 7.20. The highest BCUT2D eigenvalue weighted by Crippen LogP contribution is 2.34. The smallest absolute Gasteiger partial charge is 0.235 e. The van der Waals surface area contributed by atoms with Crippen LogP contribution >= 0.6 is 11.8 Å². The number of nitrogens with zero attached hydrogens (tertiary/aromatic N) is 1. The topological polar surface area (TPSA) is 38.8 Å². The van der Waals surface area contributed by atoms with E-state index in [-0.39, 0.29) is 11.2 Å². The van der Waals surface area contributed by atoms with Gasteiger partial charge in [0.15, 0.2) is 11.5 Å². The van der Waals surface area contributed by atoms with Gasteiger partial charge in [0.05, 0.1) is 19.5 Å². The Morgan fingerprint density at radius 2 is 1.86 bits per heavy atom. The number of benzene rings is 1. The largest absolute Gasteiger partial charge is 0.493 e. The molecule has 0 bridgehead atoms. The van der Waals surface area contributed by atoms with Gasteiger partial charge in [-0.15, -0.1) is 11.8 Å². The van der Waals surface area contributed by atoms with Gasteiger partial charge < -0.3 is 14.4 Å². The van der Waals surface area contributed by atoms with E-state index in [1.807, 2.05) is 30.0 Å². The van der Waals surface area contributed by atoms with E-state index in [4.69, 9.17) is 9.47 Å². The molecule has 1 heterocycles. The van der Waals surface area contributed by atoms with Crippen molar-refractivity contribution < 1.29 is 14.3 Å². The van der Waals surface area contributed by atoms with E-state index >= 15 is 0 Å². The normalized spacial score (nSPS) is 17.2. The third kappa shape index (κ3) is 4.09. The maximum atomic E-state index is 12.5. The van der Waals surface area contributed by atoms with Crippen molar-refractivity contribution in [2.75, 3.05) is 27.3 Å².